The third kappa shape index (κ3) is 3.41. The predicted molar refractivity (Wildman–Crippen MR) is 118 cm³/mol. The van der Waals surface area contributed by atoms with Crippen LogP contribution in [-0.2, 0) is 4.79 Å². The normalized spacial score (nSPS) is 46.8. The fourth-order valence-electron chi connectivity index (χ4n) is 9.07. The highest BCUT2D eigenvalue weighted by atomic mass is 16.1. The van der Waals surface area contributed by atoms with Gasteiger partial charge in [0, 0.05) is 12.8 Å². The van der Waals surface area contributed by atoms with Gasteiger partial charge in [0.05, 0.1) is 0 Å². The lowest BCUT2D eigenvalue weighted by atomic mass is 9.44. The van der Waals surface area contributed by atoms with Crippen LogP contribution in [0.25, 0.3) is 0 Å². The van der Waals surface area contributed by atoms with Gasteiger partial charge in [-0.15, -0.1) is 0 Å². The molecule has 0 aromatic heterocycles. The van der Waals surface area contributed by atoms with E-state index in [9.17, 15) is 4.79 Å². The van der Waals surface area contributed by atoms with Crippen LogP contribution in [0.5, 0.6) is 0 Å². The molecular weight excluding hydrogens is 340 g/mol. The minimum absolute atomic E-state index is 0.471. The van der Waals surface area contributed by atoms with Crippen molar-refractivity contribution < 1.29 is 4.79 Å². The highest BCUT2D eigenvalue weighted by Gasteiger charge is 2.60. The average molecular weight is 387 g/mol. The second-order valence-electron chi connectivity index (χ2n) is 12.4. The molecule has 0 heterocycles. The van der Waals surface area contributed by atoms with Crippen molar-refractivity contribution in [3.8, 4) is 0 Å². The largest absolute Gasteiger partial charge is 0.300 e. The lowest BCUT2D eigenvalue weighted by molar-refractivity contribution is -0.140. The van der Waals surface area contributed by atoms with E-state index in [1.807, 2.05) is 0 Å². The van der Waals surface area contributed by atoms with Gasteiger partial charge >= 0.3 is 0 Å². The molecule has 4 aliphatic rings. The van der Waals surface area contributed by atoms with Gasteiger partial charge in [-0.25, -0.2) is 0 Å². The first-order valence-corrected chi connectivity index (χ1v) is 12.8. The molecule has 0 spiro atoms. The molecule has 0 aliphatic heterocycles. The monoisotopic (exact) mass is 386 g/mol. The summed E-state index contributed by atoms with van der Waals surface area (Å²) >= 11 is 0. The van der Waals surface area contributed by atoms with Crippen LogP contribution < -0.4 is 0 Å². The lowest BCUT2D eigenvalue weighted by Crippen LogP contribution is -2.53. The molecule has 1 heteroatoms. The third-order valence-electron chi connectivity index (χ3n) is 10.7. The van der Waals surface area contributed by atoms with E-state index in [4.69, 9.17) is 0 Å². The molecule has 4 saturated carbocycles. The Morgan fingerprint density at radius 1 is 0.893 bits per heavy atom. The molecule has 1 nitrogen and oxygen atoms in total. The van der Waals surface area contributed by atoms with E-state index < -0.39 is 0 Å². The summed E-state index contributed by atoms with van der Waals surface area (Å²) in [6.45, 7) is 12.6. The van der Waals surface area contributed by atoms with Crippen LogP contribution in [0.15, 0.2) is 0 Å². The van der Waals surface area contributed by atoms with E-state index in [-0.39, 0.29) is 0 Å². The van der Waals surface area contributed by atoms with E-state index in [0.29, 0.717) is 22.5 Å². The zero-order valence-electron chi connectivity index (χ0n) is 19.4. The summed E-state index contributed by atoms with van der Waals surface area (Å²) in [5.41, 5.74) is 1.07. The van der Waals surface area contributed by atoms with Crippen LogP contribution in [0.4, 0.5) is 0 Å². The molecule has 4 fully saturated rings. The number of Topliss-reactive ketones (excluding diaryl/α,β-unsaturated/α-hetero) is 1. The van der Waals surface area contributed by atoms with Gasteiger partial charge in [-0.05, 0) is 97.2 Å². The van der Waals surface area contributed by atoms with Crippen LogP contribution in [0.2, 0.25) is 0 Å². The lowest BCUT2D eigenvalue weighted by Gasteiger charge is -2.60. The van der Waals surface area contributed by atoms with E-state index >= 15 is 0 Å². The Kier molecular flexibility index (Phi) is 5.78. The highest BCUT2D eigenvalue weighted by molar-refractivity contribution is 5.79. The van der Waals surface area contributed by atoms with Gasteiger partial charge in [-0.3, -0.25) is 4.79 Å². The molecule has 0 aromatic carbocycles. The Bertz CT molecular complexity index is 579. The minimum Gasteiger partial charge on any atom is -0.300 e. The average Bonchev–Trinajstić information content (AvgIpc) is 2.99. The zero-order chi connectivity index (χ0) is 20.1. The molecule has 28 heavy (non-hydrogen) atoms. The first kappa shape index (κ1) is 20.9. The second kappa shape index (κ2) is 7.73. The quantitative estimate of drug-likeness (QED) is 0.473. The van der Waals surface area contributed by atoms with Gasteiger partial charge in [0.25, 0.3) is 0 Å². The minimum atomic E-state index is 0.471. The molecule has 0 bridgehead atoms. The maximum Gasteiger partial charge on any atom is 0.133 e. The molecule has 8 atom stereocenters. The van der Waals surface area contributed by atoms with Gasteiger partial charge in [-0.1, -0.05) is 53.9 Å². The van der Waals surface area contributed by atoms with Crippen molar-refractivity contribution in [2.24, 2.45) is 52.3 Å². The number of hydrogen-bond donors (Lipinski definition) is 0. The number of rotatable bonds is 5. The fraction of sp³-hybridized carbons (Fsp3) is 0.963. The summed E-state index contributed by atoms with van der Waals surface area (Å²) in [7, 11) is 0. The summed E-state index contributed by atoms with van der Waals surface area (Å²) in [6, 6.07) is 0. The van der Waals surface area contributed by atoms with Gasteiger partial charge in [0.15, 0.2) is 0 Å². The molecular formula is C27H46O. The van der Waals surface area contributed by atoms with E-state index in [2.05, 4.69) is 34.6 Å². The first-order valence-electron chi connectivity index (χ1n) is 12.8. The first-order chi connectivity index (χ1) is 13.3. The summed E-state index contributed by atoms with van der Waals surface area (Å²) in [4.78, 5) is 12.1. The third-order valence-corrected chi connectivity index (χ3v) is 10.7. The fourth-order valence-corrected chi connectivity index (χ4v) is 9.07. The maximum absolute atomic E-state index is 12.1. The number of carbonyl (C=O) groups is 1. The van der Waals surface area contributed by atoms with E-state index in [0.717, 1.165) is 48.3 Å². The Hall–Kier alpha value is -0.330. The molecule has 4 rings (SSSR count). The van der Waals surface area contributed by atoms with Crippen LogP contribution in [0.3, 0.4) is 0 Å². The van der Waals surface area contributed by atoms with Crippen molar-refractivity contribution in [1.82, 2.24) is 0 Å². The molecule has 0 amide bonds. The van der Waals surface area contributed by atoms with Crippen LogP contribution >= 0.6 is 0 Å². The predicted octanol–water partition coefficient (Wildman–Crippen LogP) is 7.68. The van der Waals surface area contributed by atoms with E-state index in [1.54, 1.807) is 0 Å². The summed E-state index contributed by atoms with van der Waals surface area (Å²) in [5, 5.41) is 0. The van der Waals surface area contributed by atoms with Crippen molar-refractivity contribution in [2.45, 2.75) is 112 Å². The Balaban J connectivity index is 1.47. The van der Waals surface area contributed by atoms with Crippen molar-refractivity contribution in [2.75, 3.05) is 0 Å². The van der Waals surface area contributed by atoms with E-state index in [1.165, 1.54) is 64.2 Å². The highest BCUT2D eigenvalue weighted by Crippen LogP contribution is 2.68. The SMILES string of the molecule is CC(C)CCC[C@H](C)[C@H]1CC[C@@H]2[C@@H]3CC[C@H]4CC(=O)CC[C@]4(C)[C@@H]3CC[C@@]21C. The van der Waals surface area contributed by atoms with Crippen molar-refractivity contribution in [1.29, 1.82) is 0 Å². The number of ketones is 1. The van der Waals surface area contributed by atoms with Gasteiger partial charge < -0.3 is 0 Å². The van der Waals surface area contributed by atoms with Gasteiger partial charge in [0.1, 0.15) is 5.78 Å². The summed E-state index contributed by atoms with van der Waals surface area (Å²) in [5.74, 6) is 6.82. The Labute approximate surface area is 174 Å². The van der Waals surface area contributed by atoms with Gasteiger partial charge in [0.2, 0.25) is 0 Å². The topological polar surface area (TPSA) is 17.1 Å². The molecule has 160 valence electrons. The molecule has 0 aromatic rings. The Morgan fingerprint density at radius 2 is 1.64 bits per heavy atom. The Morgan fingerprint density at radius 3 is 2.39 bits per heavy atom. The molecule has 0 radical (unpaired) electrons. The van der Waals surface area contributed by atoms with Crippen molar-refractivity contribution in [3.63, 3.8) is 0 Å². The smallest absolute Gasteiger partial charge is 0.133 e. The van der Waals surface area contributed by atoms with Crippen LogP contribution in [0, 0.1) is 52.3 Å². The molecule has 0 N–H and O–H groups in total. The zero-order valence-corrected chi connectivity index (χ0v) is 19.4. The maximum atomic E-state index is 12.1. The van der Waals surface area contributed by atoms with Gasteiger partial charge in [-0.2, -0.15) is 0 Å². The summed E-state index contributed by atoms with van der Waals surface area (Å²) < 4.78 is 0. The standard InChI is InChI=1S/C27H46O/c1-18(2)7-6-8-19(3)23-11-12-24-22-10-9-20-17-21(28)13-15-26(20,4)25(22)14-16-27(23,24)5/h18-20,22-25H,6-17H2,1-5H3/t19-,20-,22-,23+,24+,25+,26-,27+/m0/s1. The number of carbonyl (C=O) groups excluding carboxylic acids is 1. The molecule has 0 unspecified atom stereocenters. The van der Waals surface area contributed by atoms with Crippen molar-refractivity contribution >= 4 is 5.78 Å². The molecule has 0 saturated heterocycles. The number of hydrogen-bond acceptors (Lipinski definition) is 1. The van der Waals surface area contributed by atoms with Crippen LogP contribution in [0.1, 0.15) is 112 Å². The molecule has 4 aliphatic carbocycles. The second-order valence-corrected chi connectivity index (χ2v) is 12.4. The number of fused-ring (bicyclic) bond motifs is 5. The summed E-state index contributed by atoms with van der Waals surface area (Å²) in [6.07, 6.45) is 15.9. The van der Waals surface area contributed by atoms with Crippen molar-refractivity contribution in [3.05, 3.63) is 0 Å². The van der Waals surface area contributed by atoms with Crippen LogP contribution in [-0.4, -0.2) is 5.78 Å².